The zero-order valence-corrected chi connectivity index (χ0v) is 11.4. The summed E-state index contributed by atoms with van der Waals surface area (Å²) in [5.41, 5.74) is 5.30. The van der Waals surface area contributed by atoms with E-state index in [0.29, 0.717) is 19.4 Å². The molecule has 4 N–H and O–H groups in total. The number of primary amides is 1. The maximum atomic E-state index is 12.5. The van der Waals surface area contributed by atoms with Crippen LogP contribution in [0.4, 0.5) is 4.79 Å². The number of carboxylic acid groups (broad SMARTS) is 1. The summed E-state index contributed by atoms with van der Waals surface area (Å²) in [6.07, 6.45) is 1.95. The summed E-state index contributed by atoms with van der Waals surface area (Å²) in [5, 5.41) is 11.6. The van der Waals surface area contributed by atoms with E-state index >= 15 is 0 Å². The number of carbonyl (C=O) groups is 4. The number of piperazine rings is 1. The third-order valence-corrected chi connectivity index (χ3v) is 3.79. The standard InChI is InChI=1S/C12H18N4O5/c13-10(18)7-3-1-2-4-15(7)12(21)16-6-9(17)14-5-8(16)11(19)20/h7-8H,1-6H2,(H2,13,18)(H,14,17)(H,19,20). The van der Waals surface area contributed by atoms with Crippen molar-refractivity contribution in [1.82, 2.24) is 15.1 Å². The van der Waals surface area contributed by atoms with E-state index in [1.807, 2.05) is 0 Å². The van der Waals surface area contributed by atoms with Crippen LogP contribution in [0.25, 0.3) is 0 Å². The van der Waals surface area contributed by atoms with Gasteiger partial charge >= 0.3 is 12.0 Å². The van der Waals surface area contributed by atoms with Gasteiger partial charge in [-0.05, 0) is 19.3 Å². The monoisotopic (exact) mass is 298 g/mol. The molecule has 2 aliphatic rings. The highest BCUT2D eigenvalue weighted by atomic mass is 16.4. The SMILES string of the molecule is NC(=O)C1CCCCN1C(=O)N1CC(=O)NCC1C(=O)O. The van der Waals surface area contributed by atoms with E-state index in [0.717, 1.165) is 11.3 Å². The number of nitrogens with zero attached hydrogens (tertiary/aromatic N) is 2. The second-order valence-electron chi connectivity index (χ2n) is 5.18. The van der Waals surface area contributed by atoms with Crippen molar-refractivity contribution < 1.29 is 24.3 Å². The third-order valence-electron chi connectivity index (χ3n) is 3.79. The maximum Gasteiger partial charge on any atom is 0.328 e. The average molecular weight is 298 g/mol. The Morgan fingerprint density at radius 1 is 1.19 bits per heavy atom. The Kier molecular flexibility index (Phi) is 4.29. The van der Waals surface area contributed by atoms with Crippen LogP contribution in [-0.4, -0.2) is 70.4 Å². The predicted molar refractivity (Wildman–Crippen MR) is 70.1 cm³/mol. The van der Waals surface area contributed by atoms with Gasteiger partial charge in [-0.3, -0.25) is 14.5 Å². The Hall–Kier alpha value is -2.32. The normalized spacial score (nSPS) is 26.2. The molecule has 9 nitrogen and oxygen atoms in total. The van der Waals surface area contributed by atoms with E-state index in [1.165, 1.54) is 4.90 Å². The van der Waals surface area contributed by atoms with Crippen LogP contribution in [0, 0.1) is 0 Å². The van der Waals surface area contributed by atoms with E-state index in [9.17, 15) is 19.2 Å². The van der Waals surface area contributed by atoms with Crippen molar-refractivity contribution in [3.63, 3.8) is 0 Å². The molecule has 0 aliphatic carbocycles. The zero-order valence-electron chi connectivity index (χ0n) is 11.4. The van der Waals surface area contributed by atoms with Crippen molar-refractivity contribution in [1.29, 1.82) is 0 Å². The number of likely N-dealkylation sites (tertiary alicyclic amines) is 1. The van der Waals surface area contributed by atoms with Crippen molar-refractivity contribution in [3.8, 4) is 0 Å². The Bertz CT molecular complexity index is 480. The van der Waals surface area contributed by atoms with Crippen molar-refractivity contribution >= 4 is 23.8 Å². The van der Waals surface area contributed by atoms with Crippen LogP contribution in [0.5, 0.6) is 0 Å². The molecule has 4 amide bonds. The quantitative estimate of drug-likeness (QED) is 0.560. The van der Waals surface area contributed by atoms with Crippen LogP contribution >= 0.6 is 0 Å². The number of aliphatic carboxylic acids is 1. The van der Waals surface area contributed by atoms with Gasteiger partial charge in [-0.15, -0.1) is 0 Å². The number of rotatable bonds is 2. The van der Waals surface area contributed by atoms with Gasteiger partial charge in [0.05, 0.1) is 0 Å². The molecule has 0 aromatic heterocycles. The molecule has 116 valence electrons. The lowest BCUT2D eigenvalue weighted by atomic mass is 10.0. The Labute approximate surface area is 121 Å². The number of hydrogen-bond acceptors (Lipinski definition) is 4. The molecule has 2 heterocycles. The zero-order chi connectivity index (χ0) is 15.6. The minimum atomic E-state index is -1.20. The van der Waals surface area contributed by atoms with Gasteiger partial charge in [0.1, 0.15) is 18.6 Å². The fourth-order valence-corrected chi connectivity index (χ4v) is 2.68. The molecule has 2 rings (SSSR count). The van der Waals surface area contributed by atoms with Crippen LogP contribution in [0.15, 0.2) is 0 Å². The summed E-state index contributed by atoms with van der Waals surface area (Å²) in [7, 11) is 0. The first-order chi connectivity index (χ1) is 9.91. The van der Waals surface area contributed by atoms with Crippen molar-refractivity contribution in [2.45, 2.75) is 31.3 Å². The summed E-state index contributed by atoms with van der Waals surface area (Å²) < 4.78 is 0. The molecular formula is C12H18N4O5. The molecule has 9 heteroatoms. The van der Waals surface area contributed by atoms with Crippen LogP contribution in [-0.2, 0) is 14.4 Å². The second kappa shape index (κ2) is 5.98. The molecule has 0 aromatic rings. The van der Waals surface area contributed by atoms with Gasteiger partial charge in [0.25, 0.3) is 0 Å². The van der Waals surface area contributed by atoms with Crippen LogP contribution in [0.3, 0.4) is 0 Å². The number of nitrogens with two attached hydrogens (primary N) is 1. The van der Waals surface area contributed by atoms with Crippen LogP contribution < -0.4 is 11.1 Å². The molecule has 0 saturated carbocycles. The fourth-order valence-electron chi connectivity index (χ4n) is 2.68. The molecule has 2 saturated heterocycles. The lowest BCUT2D eigenvalue weighted by Crippen LogP contribution is -2.64. The number of urea groups is 1. The lowest BCUT2D eigenvalue weighted by Gasteiger charge is -2.40. The number of carboxylic acids is 1. The summed E-state index contributed by atoms with van der Waals surface area (Å²) in [6, 6.07) is -2.50. The minimum Gasteiger partial charge on any atom is -0.480 e. The molecule has 2 atom stereocenters. The van der Waals surface area contributed by atoms with E-state index < -0.39 is 35.9 Å². The second-order valence-corrected chi connectivity index (χ2v) is 5.18. The summed E-state index contributed by atoms with van der Waals surface area (Å²) in [4.78, 5) is 48.9. The minimum absolute atomic E-state index is 0.144. The van der Waals surface area contributed by atoms with Crippen molar-refractivity contribution in [2.75, 3.05) is 19.6 Å². The highest BCUT2D eigenvalue weighted by Crippen LogP contribution is 2.20. The summed E-state index contributed by atoms with van der Waals surface area (Å²) in [5.74, 6) is -2.24. The first kappa shape index (κ1) is 15.1. The molecule has 0 aromatic carbocycles. The molecular weight excluding hydrogens is 280 g/mol. The van der Waals surface area contributed by atoms with E-state index in [4.69, 9.17) is 10.8 Å². The maximum absolute atomic E-state index is 12.5. The molecule has 0 bridgehead atoms. The van der Waals surface area contributed by atoms with Crippen molar-refractivity contribution in [3.05, 3.63) is 0 Å². The molecule has 2 fully saturated rings. The highest BCUT2D eigenvalue weighted by Gasteiger charge is 2.40. The summed E-state index contributed by atoms with van der Waals surface area (Å²) in [6.45, 7) is -0.149. The van der Waals surface area contributed by atoms with E-state index in [2.05, 4.69) is 5.32 Å². The number of nitrogens with one attached hydrogen (secondary N) is 1. The summed E-state index contributed by atoms with van der Waals surface area (Å²) >= 11 is 0. The first-order valence-electron chi connectivity index (χ1n) is 6.78. The Morgan fingerprint density at radius 2 is 1.90 bits per heavy atom. The van der Waals surface area contributed by atoms with E-state index in [-0.39, 0.29) is 13.1 Å². The molecule has 0 spiro atoms. The van der Waals surface area contributed by atoms with Crippen LogP contribution in [0.1, 0.15) is 19.3 Å². The average Bonchev–Trinajstić information content (AvgIpc) is 2.46. The van der Waals surface area contributed by atoms with Crippen LogP contribution in [0.2, 0.25) is 0 Å². The number of amides is 4. The number of hydrogen-bond donors (Lipinski definition) is 3. The van der Waals surface area contributed by atoms with Gasteiger partial charge in [0.2, 0.25) is 11.8 Å². The molecule has 2 unspecified atom stereocenters. The smallest absolute Gasteiger partial charge is 0.328 e. The highest BCUT2D eigenvalue weighted by molar-refractivity contribution is 5.92. The van der Waals surface area contributed by atoms with Gasteiger partial charge in [-0.1, -0.05) is 0 Å². The number of piperidine rings is 1. The van der Waals surface area contributed by atoms with Gasteiger partial charge in [-0.25, -0.2) is 9.59 Å². The van der Waals surface area contributed by atoms with Gasteiger partial charge < -0.3 is 21.1 Å². The predicted octanol–water partition coefficient (Wildman–Crippen LogP) is -1.67. The molecule has 21 heavy (non-hydrogen) atoms. The first-order valence-corrected chi connectivity index (χ1v) is 6.78. The van der Waals surface area contributed by atoms with Gasteiger partial charge in [0, 0.05) is 13.1 Å². The van der Waals surface area contributed by atoms with Gasteiger partial charge in [0.15, 0.2) is 0 Å². The fraction of sp³-hybridized carbons (Fsp3) is 0.667. The Balaban J connectivity index is 2.20. The molecule has 0 radical (unpaired) electrons. The third kappa shape index (κ3) is 3.06. The molecule has 2 aliphatic heterocycles. The lowest BCUT2D eigenvalue weighted by molar-refractivity contribution is -0.144. The number of carbonyl (C=O) groups excluding carboxylic acids is 3. The topological polar surface area (TPSA) is 133 Å². The van der Waals surface area contributed by atoms with E-state index in [1.54, 1.807) is 0 Å². The van der Waals surface area contributed by atoms with Gasteiger partial charge in [-0.2, -0.15) is 0 Å². The van der Waals surface area contributed by atoms with Crippen molar-refractivity contribution in [2.24, 2.45) is 5.73 Å². The Morgan fingerprint density at radius 3 is 2.52 bits per heavy atom. The largest absolute Gasteiger partial charge is 0.480 e.